The van der Waals surface area contributed by atoms with Crippen molar-refractivity contribution in [2.24, 2.45) is 0 Å². The summed E-state index contributed by atoms with van der Waals surface area (Å²) < 4.78 is 7.48. The molecular weight excluding hydrogens is 368 g/mol. The van der Waals surface area contributed by atoms with Crippen LogP contribution >= 0.6 is 43.2 Å². The van der Waals surface area contributed by atoms with Gasteiger partial charge in [-0.25, -0.2) is 0 Å². The summed E-state index contributed by atoms with van der Waals surface area (Å²) in [6.07, 6.45) is -0.649. The molecule has 2 rings (SSSR count). The van der Waals surface area contributed by atoms with E-state index in [-0.39, 0.29) is 0 Å². The molecule has 92 valence electrons. The van der Waals surface area contributed by atoms with E-state index >= 15 is 0 Å². The van der Waals surface area contributed by atoms with Gasteiger partial charge in [0, 0.05) is 11.1 Å². The van der Waals surface area contributed by atoms with Crippen LogP contribution in [-0.2, 0) is 0 Å². The summed E-state index contributed by atoms with van der Waals surface area (Å²) in [7, 11) is 0. The van der Waals surface area contributed by atoms with Crippen molar-refractivity contribution < 1.29 is 9.52 Å². The monoisotopic (exact) mass is 378 g/mol. The number of halogens is 2. The van der Waals surface area contributed by atoms with Gasteiger partial charge in [-0.3, -0.25) is 0 Å². The molecule has 0 fully saturated rings. The third kappa shape index (κ3) is 2.38. The number of aliphatic hydroxyl groups is 1. The van der Waals surface area contributed by atoms with Gasteiger partial charge in [0.05, 0.1) is 7.57 Å². The predicted octanol–water partition coefficient (Wildman–Crippen LogP) is 4.87. The van der Waals surface area contributed by atoms with Crippen molar-refractivity contribution in [3.8, 4) is 0 Å². The molecule has 0 amide bonds. The Hall–Kier alpha value is -0.100. The zero-order chi connectivity index (χ0) is 12.7. The van der Waals surface area contributed by atoms with Crippen LogP contribution in [0.4, 0.5) is 0 Å². The van der Waals surface area contributed by atoms with Gasteiger partial charge in [-0.1, -0.05) is 0 Å². The van der Waals surface area contributed by atoms with E-state index < -0.39 is 6.10 Å². The van der Waals surface area contributed by atoms with Crippen LogP contribution in [0.5, 0.6) is 0 Å². The van der Waals surface area contributed by atoms with Gasteiger partial charge >= 0.3 is 0 Å². The number of rotatable bonds is 2. The quantitative estimate of drug-likeness (QED) is 0.807. The van der Waals surface area contributed by atoms with Gasteiger partial charge in [-0.2, -0.15) is 0 Å². The minimum absolute atomic E-state index is 0.649. The molecule has 1 N–H and O–H groups in total. The second-order valence-electron chi connectivity index (χ2n) is 3.94. The molecule has 0 saturated carbocycles. The summed E-state index contributed by atoms with van der Waals surface area (Å²) in [5.74, 6) is 1.64. The minimum Gasteiger partial charge on any atom is -0.466 e. The molecule has 0 bridgehead atoms. The van der Waals surface area contributed by atoms with Crippen LogP contribution < -0.4 is 0 Å². The van der Waals surface area contributed by atoms with Crippen molar-refractivity contribution in [1.82, 2.24) is 0 Å². The maximum Gasteiger partial charge on any atom is 0.110 e. The highest BCUT2D eigenvalue weighted by molar-refractivity contribution is 9.12. The van der Waals surface area contributed by atoms with Crippen molar-refractivity contribution in [2.45, 2.75) is 26.9 Å². The third-order valence-corrected chi connectivity index (χ3v) is 5.25. The Morgan fingerprint density at radius 3 is 2.29 bits per heavy atom. The SMILES string of the molecule is Cc1oc(C)c(C(O)c2cc(Br)sc2Br)c1C. The van der Waals surface area contributed by atoms with Crippen LogP contribution in [-0.4, -0.2) is 5.11 Å². The first kappa shape index (κ1) is 13.3. The molecule has 2 heterocycles. The maximum atomic E-state index is 10.5. The average Bonchev–Trinajstić information content (AvgIpc) is 2.68. The first-order chi connectivity index (χ1) is 7.91. The summed E-state index contributed by atoms with van der Waals surface area (Å²) >= 11 is 8.44. The summed E-state index contributed by atoms with van der Waals surface area (Å²) in [4.78, 5) is 0. The van der Waals surface area contributed by atoms with Crippen LogP contribution in [0.15, 0.2) is 18.1 Å². The van der Waals surface area contributed by atoms with Crippen molar-refractivity contribution in [3.05, 3.63) is 41.9 Å². The van der Waals surface area contributed by atoms with Crippen LogP contribution in [0.25, 0.3) is 0 Å². The van der Waals surface area contributed by atoms with E-state index in [0.717, 1.165) is 35.8 Å². The lowest BCUT2D eigenvalue weighted by atomic mass is 10.0. The second kappa shape index (κ2) is 4.88. The molecule has 0 aliphatic carbocycles. The van der Waals surface area contributed by atoms with Gasteiger partial charge in [0.2, 0.25) is 0 Å². The lowest BCUT2D eigenvalue weighted by Crippen LogP contribution is -2.01. The molecule has 2 nitrogen and oxygen atoms in total. The lowest BCUT2D eigenvalue weighted by Gasteiger charge is -2.10. The number of hydrogen-bond acceptors (Lipinski definition) is 3. The predicted molar refractivity (Wildman–Crippen MR) is 76.7 cm³/mol. The molecule has 0 radical (unpaired) electrons. The standard InChI is InChI=1S/C12H12Br2O2S/c1-5-6(2)16-7(3)10(5)11(15)8-4-9(13)17-12(8)14/h4,11,15H,1-3H3. The van der Waals surface area contributed by atoms with Crippen molar-refractivity contribution in [3.63, 3.8) is 0 Å². The number of thiophene rings is 1. The topological polar surface area (TPSA) is 33.4 Å². The van der Waals surface area contributed by atoms with Gasteiger partial charge < -0.3 is 9.52 Å². The van der Waals surface area contributed by atoms with E-state index in [1.165, 1.54) is 0 Å². The zero-order valence-corrected chi connectivity index (χ0v) is 13.7. The largest absolute Gasteiger partial charge is 0.466 e. The first-order valence-corrected chi connectivity index (χ1v) is 7.51. The van der Waals surface area contributed by atoms with Gasteiger partial charge in [0.15, 0.2) is 0 Å². The Bertz CT molecular complexity index is 557. The third-order valence-electron chi connectivity index (χ3n) is 2.87. The molecule has 2 aromatic rings. The maximum absolute atomic E-state index is 10.5. The first-order valence-electron chi connectivity index (χ1n) is 5.11. The Balaban J connectivity index is 2.50. The number of furan rings is 1. The molecule has 0 saturated heterocycles. The molecule has 2 aromatic heterocycles. The number of aliphatic hydroxyl groups excluding tert-OH is 1. The van der Waals surface area contributed by atoms with Crippen LogP contribution in [0.2, 0.25) is 0 Å². The van der Waals surface area contributed by atoms with Crippen molar-refractivity contribution in [2.75, 3.05) is 0 Å². The van der Waals surface area contributed by atoms with E-state index in [1.54, 1.807) is 11.3 Å². The molecule has 0 aromatic carbocycles. The lowest BCUT2D eigenvalue weighted by molar-refractivity contribution is 0.217. The Labute approximate surface area is 121 Å². The number of aryl methyl sites for hydroxylation is 2. The zero-order valence-electron chi connectivity index (χ0n) is 9.67. The van der Waals surface area contributed by atoms with Crippen molar-refractivity contribution in [1.29, 1.82) is 0 Å². The van der Waals surface area contributed by atoms with Crippen molar-refractivity contribution >= 4 is 43.2 Å². The smallest absolute Gasteiger partial charge is 0.110 e. The van der Waals surface area contributed by atoms with Gasteiger partial charge in [-0.15, -0.1) is 11.3 Å². The molecule has 1 atom stereocenters. The highest BCUT2D eigenvalue weighted by Gasteiger charge is 2.23. The van der Waals surface area contributed by atoms with E-state index in [1.807, 2.05) is 26.8 Å². The fourth-order valence-corrected chi connectivity index (χ4v) is 4.79. The fraction of sp³-hybridized carbons (Fsp3) is 0.333. The Morgan fingerprint density at radius 1 is 1.24 bits per heavy atom. The fourth-order valence-electron chi connectivity index (χ4n) is 1.91. The summed E-state index contributed by atoms with van der Waals surface area (Å²) in [6.45, 7) is 5.77. The summed E-state index contributed by atoms with van der Waals surface area (Å²) in [5, 5.41) is 10.5. The minimum atomic E-state index is -0.649. The molecule has 0 spiro atoms. The molecule has 1 unspecified atom stereocenters. The second-order valence-corrected chi connectivity index (χ2v) is 7.68. The van der Waals surface area contributed by atoms with Gasteiger partial charge in [-0.05, 0) is 64.3 Å². The van der Waals surface area contributed by atoms with E-state index in [4.69, 9.17) is 4.42 Å². The number of hydrogen-bond donors (Lipinski definition) is 1. The Morgan fingerprint density at radius 2 is 1.88 bits per heavy atom. The van der Waals surface area contributed by atoms with Crippen LogP contribution in [0.3, 0.4) is 0 Å². The summed E-state index contributed by atoms with van der Waals surface area (Å²) in [5.41, 5.74) is 2.76. The summed E-state index contributed by atoms with van der Waals surface area (Å²) in [6, 6.07) is 1.93. The van der Waals surface area contributed by atoms with E-state index in [9.17, 15) is 5.11 Å². The molecular formula is C12H12Br2O2S. The average molecular weight is 380 g/mol. The highest BCUT2D eigenvalue weighted by atomic mass is 79.9. The van der Waals surface area contributed by atoms with Gasteiger partial charge in [0.25, 0.3) is 0 Å². The van der Waals surface area contributed by atoms with Gasteiger partial charge in [0.1, 0.15) is 17.6 Å². The molecule has 0 aliphatic rings. The van der Waals surface area contributed by atoms with Crippen LogP contribution in [0, 0.1) is 20.8 Å². The van der Waals surface area contributed by atoms with Crippen LogP contribution in [0.1, 0.15) is 34.3 Å². The van der Waals surface area contributed by atoms with E-state index in [0.29, 0.717) is 0 Å². The van der Waals surface area contributed by atoms with E-state index in [2.05, 4.69) is 31.9 Å². The highest BCUT2D eigenvalue weighted by Crippen LogP contribution is 2.40. The molecule has 5 heteroatoms. The molecule has 0 aliphatic heterocycles. The Kier molecular flexibility index (Phi) is 3.83. The molecule has 17 heavy (non-hydrogen) atoms. The normalized spacial score (nSPS) is 13.1.